The SMILES string of the molecule is C[C@@H]([C]=O)N(C)C(=O)OC(C)(C)C. The van der Waals surface area contributed by atoms with Gasteiger partial charge in [-0.2, -0.15) is 0 Å². The van der Waals surface area contributed by atoms with Gasteiger partial charge in [0.1, 0.15) is 5.60 Å². The van der Waals surface area contributed by atoms with Gasteiger partial charge < -0.3 is 9.64 Å². The van der Waals surface area contributed by atoms with Crippen LogP contribution < -0.4 is 0 Å². The largest absolute Gasteiger partial charge is 0.444 e. The molecule has 0 saturated heterocycles. The van der Waals surface area contributed by atoms with Crippen LogP contribution >= 0.6 is 0 Å². The Labute approximate surface area is 78.9 Å². The number of carbonyl (C=O) groups excluding carboxylic acids is 2. The Hall–Kier alpha value is -1.06. The van der Waals surface area contributed by atoms with Crippen LogP contribution in [0.4, 0.5) is 4.79 Å². The van der Waals surface area contributed by atoms with Gasteiger partial charge >= 0.3 is 6.09 Å². The first-order valence-electron chi connectivity index (χ1n) is 4.11. The van der Waals surface area contributed by atoms with Crippen molar-refractivity contribution in [2.75, 3.05) is 7.05 Å². The summed E-state index contributed by atoms with van der Waals surface area (Å²) in [6.45, 7) is 6.90. The van der Waals surface area contributed by atoms with Crippen molar-refractivity contribution in [1.29, 1.82) is 0 Å². The van der Waals surface area contributed by atoms with Crippen LogP contribution in [0.3, 0.4) is 0 Å². The molecule has 0 spiro atoms. The molecule has 0 aliphatic heterocycles. The first-order chi connectivity index (χ1) is 5.78. The number of amides is 1. The van der Waals surface area contributed by atoms with Crippen LogP contribution in [-0.2, 0) is 9.53 Å². The van der Waals surface area contributed by atoms with E-state index in [1.165, 1.54) is 11.9 Å². The lowest BCUT2D eigenvalue weighted by Crippen LogP contribution is -2.40. The van der Waals surface area contributed by atoms with Gasteiger partial charge in [-0.3, -0.25) is 4.79 Å². The lowest BCUT2D eigenvalue weighted by molar-refractivity contribution is 0.0276. The monoisotopic (exact) mass is 186 g/mol. The first-order valence-corrected chi connectivity index (χ1v) is 4.11. The molecule has 0 heterocycles. The maximum atomic E-state index is 11.3. The molecule has 0 aromatic rings. The molecular formula is C9H16NO3. The number of carbonyl (C=O) groups is 1. The molecule has 1 radical (unpaired) electrons. The number of rotatable bonds is 2. The second kappa shape index (κ2) is 4.25. The summed E-state index contributed by atoms with van der Waals surface area (Å²) in [6, 6.07) is -0.574. The van der Waals surface area contributed by atoms with Gasteiger partial charge in [0.15, 0.2) is 0 Å². The molecule has 0 fully saturated rings. The zero-order valence-electron chi connectivity index (χ0n) is 8.75. The molecule has 13 heavy (non-hydrogen) atoms. The van der Waals surface area contributed by atoms with E-state index in [2.05, 4.69) is 0 Å². The third-order valence-electron chi connectivity index (χ3n) is 1.43. The molecule has 0 aromatic heterocycles. The summed E-state index contributed by atoms with van der Waals surface area (Å²) in [4.78, 5) is 22.7. The summed E-state index contributed by atoms with van der Waals surface area (Å²) in [5, 5.41) is 0. The minimum atomic E-state index is -0.574. The predicted molar refractivity (Wildman–Crippen MR) is 49.2 cm³/mol. The Morgan fingerprint density at radius 3 is 2.23 bits per heavy atom. The molecule has 75 valence electrons. The topological polar surface area (TPSA) is 46.6 Å². The third kappa shape index (κ3) is 4.50. The number of ether oxygens (including phenoxy) is 1. The smallest absolute Gasteiger partial charge is 0.410 e. The molecule has 4 nitrogen and oxygen atoms in total. The molecule has 0 N–H and O–H groups in total. The zero-order chi connectivity index (χ0) is 10.6. The van der Waals surface area contributed by atoms with Crippen molar-refractivity contribution < 1.29 is 14.3 Å². The van der Waals surface area contributed by atoms with Crippen LogP contribution in [0.15, 0.2) is 0 Å². The fourth-order valence-corrected chi connectivity index (χ4v) is 0.571. The summed E-state index contributed by atoms with van der Waals surface area (Å²) in [5.74, 6) is 0. The normalized spacial score (nSPS) is 13.3. The molecule has 0 aromatic carbocycles. The Morgan fingerprint density at radius 2 is 1.92 bits per heavy atom. The van der Waals surface area contributed by atoms with E-state index in [-0.39, 0.29) is 0 Å². The number of likely N-dealkylation sites (N-methyl/N-ethyl adjacent to an activating group) is 1. The van der Waals surface area contributed by atoms with Crippen molar-refractivity contribution in [2.45, 2.75) is 39.3 Å². The third-order valence-corrected chi connectivity index (χ3v) is 1.43. The highest BCUT2D eigenvalue weighted by Gasteiger charge is 2.22. The van der Waals surface area contributed by atoms with E-state index in [0.29, 0.717) is 0 Å². The van der Waals surface area contributed by atoms with E-state index in [9.17, 15) is 9.59 Å². The summed E-state index contributed by atoms with van der Waals surface area (Å²) in [5.41, 5.74) is -0.534. The summed E-state index contributed by atoms with van der Waals surface area (Å²) in [6.07, 6.45) is 1.20. The lowest BCUT2D eigenvalue weighted by Gasteiger charge is -2.25. The highest BCUT2D eigenvalue weighted by atomic mass is 16.6. The van der Waals surface area contributed by atoms with E-state index in [1.54, 1.807) is 34.0 Å². The predicted octanol–water partition coefficient (Wildman–Crippen LogP) is 1.35. The molecule has 4 heteroatoms. The standard InChI is InChI=1S/C9H16NO3/c1-7(6-11)10(5)8(12)13-9(2,3)4/h7H,1-5H3/t7-/m0/s1. The quantitative estimate of drug-likeness (QED) is 0.654. The molecule has 0 bridgehead atoms. The first kappa shape index (κ1) is 11.9. The number of nitrogens with zero attached hydrogens (tertiary/aromatic N) is 1. The second-order valence-electron chi connectivity index (χ2n) is 3.89. The van der Waals surface area contributed by atoms with Gasteiger partial charge in [-0.1, -0.05) is 0 Å². The van der Waals surface area contributed by atoms with Gasteiger partial charge in [0.05, 0.1) is 6.04 Å². The maximum absolute atomic E-state index is 11.3. The van der Waals surface area contributed by atoms with Crippen LogP contribution in [-0.4, -0.2) is 36.0 Å². The fraction of sp³-hybridized carbons (Fsp3) is 0.778. The van der Waals surface area contributed by atoms with Crippen molar-refractivity contribution in [3.63, 3.8) is 0 Å². The van der Waals surface area contributed by atoms with Gasteiger partial charge in [0.2, 0.25) is 6.29 Å². The fourth-order valence-electron chi connectivity index (χ4n) is 0.571. The Bertz CT molecular complexity index is 196. The van der Waals surface area contributed by atoms with Crippen molar-refractivity contribution in [2.24, 2.45) is 0 Å². The molecule has 0 rings (SSSR count). The van der Waals surface area contributed by atoms with Gasteiger partial charge in [-0.05, 0) is 27.7 Å². The highest BCUT2D eigenvalue weighted by Crippen LogP contribution is 2.09. The van der Waals surface area contributed by atoms with Crippen LogP contribution in [0.2, 0.25) is 0 Å². The van der Waals surface area contributed by atoms with E-state index in [4.69, 9.17) is 4.74 Å². The molecule has 0 saturated carbocycles. The minimum absolute atomic E-state index is 0.511. The molecule has 0 aliphatic carbocycles. The highest BCUT2D eigenvalue weighted by molar-refractivity contribution is 5.73. The van der Waals surface area contributed by atoms with E-state index < -0.39 is 17.7 Å². The van der Waals surface area contributed by atoms with Gasteiger partial charge in [0.25, 0.3) is 0 Å². The van der Waals surface area contributed by atoms with Crippen LogP contribution in [0, 0.1) is 0 Å². The van der Waals surface area contributed by atoms with E-state index in [1.807, 2.05) is 0 Å². The molecule has 0 unspecified atom stereocenters. The van der Waals surface area contributed by atoms with E-state index >= 15 is 0 Å². The zero-order valence-corrected chi connectivity index (χ0v) is 8.75. The number of hydrogen-bond acceptors (Lipinski definition) is 3. The second-order valence-corrected chi connectivity index (χ2v) is 3.89. The minimum Gasteiger partial charge on any atom is -0.444 e. The molecule has 1 amide bonds. The Balaban J connectivity index is 4.19. The van der Waals surface area contributed by atoms with Crippen LogP contribution in [0.1, 0.15) is 27.7 Å². The van der Waals surface area contributed by atoms with Crippen molar-refractivity contribution in [1.82, 2.24) is 4.90 Å². The Kier molecular flexibility index (Phi) is 3.91. The van der Waals surface area contributed by atoms with E-state index in [0.717, 1.165) is 0 Å². The maximum Gasteiger partial charge on any atom is 0.410 e. The number of hydrogen-bond donors (Lipinski definition) is 0. The summed E-state index contributed by atoms with van der Waals surface area (Å²) >= 11 is 0. The summed E-state index contributed by atoms with van der Waals surface area (Å²) < 4.78 is 5.03. The molecule has 1 atom stereocenters. The van der Waals surface area contributed by atoms with Gasteiger partial charge in [0, 0.05) is 7.05 Å². The van der Waals surface area contributed by atoms with Crippen molar-refractivity contribution >= 4 is 12.4 Å². The van der Waals surface area contributed by atoms with Crippen molar-refractivity contribution in [3.8, 4) is 0 Å². The molecular weight excluding hydrogens is 170 g/mol. The van der Waals surface area contributed by atoms with Crippen molar-refractivity contribution in [3.05, 3.63) is 0 Å². The van der Waals surface area contributed by atoms with Gasteiger partial charge in [-0.25, -0.2) is 4.79 Å². The average Bonchev–Trinajstić information content (AvgIpc) is 1.98. The lowest BCUT2D eigenvalue weighted by atomic mass is 10.2. The summed E-state index contributed by atoms with van der Waals surface area (Å²) in [7, 11) is 1.50. The molecule has 0 aliphatic rings. The Morgan fingerprint density at radius 1 is 1.46 bits per heavy atom. The van der Waals surface area contributed by atoms with Crippen LogP contribution in [0.5, 0.6) is 0 Å². The van der Waals surface area contributed by atoms with Gasteiger partial charge in [-0.15, -0.1) is 0 Å². The van der Waals surface area contributed by atoms with Crippen LogP contribution in [0.25, 0.3) is 0 Å². The average molecular weight is 186 g/mol.